The standard InChI is InChI=1S/C21H25.C15H14.C5H5.Zr/c1-20(2,3)16-7-9-18-14(12-16)11-15-13-17(21(4,5)6)8-10-19(15)18;1-3-8-14(9-4-1)12-7-13-15-10-5-2-6-11-15;1-2-4-5-3-1;/h7-13H,1-6H3;1-6,8-11H,12-13H2;1-3H,4H2;. The molecular formula is C41H44Zr. The van der Waals surface area contributed by atoms with Crippen LogP contribution in [0.1, 0.15) is 85.0 Å². The van der Waals surface area contributed by atoms with Crippen molar-refractivity contribution in [2.45, 2.75) is 75.3 Å². The summed E-state index contributed by atoms with van der Waals surface area (Å²) in [7, 11) is 0. The second-order valence-electron chi connectivity index (χ2n) is 14.2. The average Bonchev–Trinajstić information content (AvgIpc) is 3.60. The third kappa shape index (κ3) is 5.96. The Morgan fingerprint density at radius 2 is 1.12 bits per heavy atom. The molecule has 0 aromatic heterocycles. The van der Waals surface area contributed by atoms with E-state index in [4.69, 9.17) is 0 Å². The quantitative estimate of drug-likeness (QED) is 0.200. The molecule has 0 heterocycles. The van der Waals surface area contributed by atoms with Gasteiger partial charge in [0.15, 0.2) is 0 Å². The third-order valence-electron chi connectivity index (χ3n) is 9.05. The Morgan fingerprint density at radius 3 is 1.52 bits per heavy atom. The van der Waals surface area contributed by atoms with Crippen molar-refractivity contribution in [3.05, 3.63) is 152 Å². The Hall–Kier alpha value is -2.89. The minimum atomic E-state index is -2.54. The molecule has 0 amide bonds. The average molecular weight is 628 g/mol. The van der Waals surface area contributed by atoms with Crippen molar-refractivity contribution in [2.75, 3.05) is 0 Å². The molecule has 0 saturated heterocycles. The van der Waals surface area contributed by atoms with Crippen LogP contribution >= 0.6 is 0 Å². The van der Waals surface area contributed by atoms with E-state index in [-0.39, 0.29) is 10.8 Å². The molecule has 2 aliphatic rings. The van der Waals surface area contributed by atoms with Crippen LogP contribution in [0.5, 0.6) is 0 Å². The van der Waals surface area contributed by atoms with Crippen LogP contribution in [0, 0.1) is 0 Å². The molecule has 0 N–H and O–H groups in total. The van der Waals surface area contributed by atoms with E-state index in [1.807, 2.05) is 0 Å². The minimum absolute atomic E-state index is 0.114. The normalized spacial score (nSPS) is 14.5. The number of hydrogen-bond donors (Lipinski definition) is 0. The number of allylic oxidation sites excluding steroid dienone is 4. The van der Waals surface area contributed by atoms with Crippen LogP contribution in [0.4, 0.5) is 0 Å². The number of fused-ring (bicyclic) bond motifs is 3. The summed E-state index contributed by atoms with van der Waals surface area (Å²) in [4.78, 5) is 0. The van der Waals surface area contributed by atoms with Gasteiger partial charge in [0.25, 0.3) is 0 Å². The Bertz CT molecular complexity index is 1580. The summed E-state index contributed by atoms with van der Waals surface area (Å²) < 4.78 is 4.02. The Labute approximate surface area is 261 Å². The van der Waals surface area contributed by atoms with Crippen LogP contribution in [0.25, 0.3) is 11.1 Å². The van der Waals surface area contributed by atoms with E-state index in [0.717, 1.165) is 19.3 Å². The fourth-order valence-corrected chi connectivity index (χ4v) is 15.9. The summed E-state index contributed by atoms with van der Waals surface area (Å²) in [6.07, 6.45) is 10.5. The van der Waals surface area contributed by atoms with Crippen LogP contribution in [-0.4, -0.2) is 3.21 Å². The number of benzene rings is 4. The summed E-state index contributed by atoms with van der Waals surface area (Å²) in [6, 6.07) is 37.3. The second kappa shape index (κ2) is 11.7. The fourth-order valence-electron chi connectivity index (χ4n) is 6.71. The maximum absolute atomic E-state index is 2.60. The topological polar surface area (TPSA) is 0 Å². The first kappa shape index (κ1) is 29.2. The first-order chi connectivity index (χ1) is 20.1. The van der Waals surface area contributed by atoms with Gasteiger partial charge in [0.2, 0.25) is 0 Å². The van der Waals surface area contributed by atoms with Crippen LogP contribution in [0.3, 0.4) is 0 Å². The SMILES string of the molecule is CC(C)(C)c1ccc2c(c1)[CH]([Zr]([C]1=CC=CC1)=[C](Cc1ccccc1)Cc1ccccc1)c1cc(C(C)(C)C)ccc1-2. The molecule has 4 aromatic rings. The van der Waals surface area contributed by atoms with Gasteiger partial charge in [0.05, 0.1) is 0 Å². The van der Waals surface area contributed by atoms with Crippen molar-refractivity contribution in [2.24, 2.45) is 0 Å². The van der Waals surface area contributed by atoms with Gasteiger partial charge in [0, 0.05) is 0 Å². The zero-order chi connectivity index (χ0) is 29.5. The maximum atomic E-state index is 2.60. The van der Waals surface area contributed by atoms with Crippen LogP contribution in [-0.2, 0) is 44.9 Å². The number of rotatable bonds is 6. The van der Waals surface area contributed by atoms with Crippen molar-refractivity contribution in [1.82, 2.24) is 0 Å². The first-order valence-corrected chi connectivity index (χ1v) is 19.4. The van der Waals surface area contributed by atoms with Crippen molar-refractivity contribution in [3.8, 4) is 11.1 Å². The van der Waals surface area contributed by atoms with Gasteiger partial charge in [-0.05, 0) is 0 Å². The molecule has 0 spiro atoms. The molecule has 0 saturated carbocycles. The summed E-state index contributed by atoms with van der Waals surface area (Å²) in [5, 5.41) is 0. The van der Waals surface area contributed by atoms with Crippen molar-refractivity contribution in [3.63, 3.8) is 0 Å². The zero-order valence-electron chi connectivity index (χ0n) is 26.2. The van der Waals surface area contributed by atoms with E-state index in [1.54, 1.807) is 17.6 Å². The Morgan fingerprint density at radius 1 is 0.643 bits per heavy atom. The van der Waals surface area contributed by atoms with Gasteiger partial charge in [-0.3, -0.25) is 0 Å². The van der Waals surface area contributed by atoms with Crippen molar-refractivity contribution in [1.29, 1.82) is 0 Å². The number of hydrogen-bond acceptors (Lipinski definition) is 0. The first-order valence-electron chi connectivity index (χ1n) is 15.5. The molecule has 0 aliphatic heterocycles. The zero-order valence-corrected chi connectivity index (χ0v) is 28.6. The molecule has 1 heteroatoms. The van der Waals surface area contributed by atoms with Gasteiger partial charge in [-0.1, -0.05) is 0 Å². The van der Waals surface area contributed by atoms with E-state index in [9.17, 15) is 0 Å². The molecule has 0 nitrogen and oxygen atoms in total. The van der Waals surface area contributed by atoms with Gasteiger partial charge in [0.1, 0.15) is 0 Å². The second-order valence-corrected chi connectivity index (χ2v) is 21.0. The van der Waals surface area contributed by atoms with Gasteiger partial charge in [-0.2, -0.15) is 0 Å². The molecule has 212 valence electrons. The molecule has 0 atom stereocenters. The molecular weight excluding hydrogens is 584 g/mol. The van der Waals surface area contributed by atoms with Crippen LogP contribution in [0.2, 0.25) is 0 Å². The fraction of sp³-hybridized carbons (Fsp3) is 0.293. The van der Waals surface area contributed by atoms with E-state index in [0.29, 0.717) is 3.63 Å². The Kier molecular flexibility index (Phi) is 8.10. The monoisotopic (exact) mass is 626 g/mol. The molecule has 0 fully saturated rings. The predicted molar refractivity (Wildman–Crippen MR) is 178 cm³/mol. The van der Waals surface area contributed by atoms with E-state index >= 15 is 0 Å². The molecule has 0 bridgehead atoms. The van der Waals surface area contributed by atoms with Gasteiger partial charge in [-0.15, -0.1) is 0 Å². The molecule has 0 unspecified atom stereocenters. The summed E-state index contributed by atoms with van der Waals surface area (Å²) in [5.74, 6) is 0. The van der Waals surface area contributed by atoms with Crippen molar-refractivity contribution >= 4 is 3.21 Å². The van der Waals surface area contributed by atoms with Crippen molar-refractivity contribution < 1.29 is 21.3 Å². The molecule has 6 rings (SSSR count). The van der Waals surface area contributed by atoms with E-state index in [1.165, 1.54) is 33.4 Å². The van der Waals surface area contributed by atoms with Gasteiger partial charge < -0.3 is 0 Å². The molecule has 0 radical (unpaired) electrons. The Balaban J connectivity index is 1.65. The van der Waals surface area contributed by atoms with E-state index < -0.39 is 21.3 Å². The summed E-state index contributed by atoms with van der Waals surface area (Å²) >= 11 is -2.54. The molecule has 42 heavy (non-hydrogen) atoms. The summed E-state index contributed by atoms with van der Waals surface area (Å²) in [6.45, 7) is 14.1. The predicted octanol–water partition coefficient (Wildman–Crippen LogP) is 10.5. The third-order valence-corrected chi connectivity index (χ3v) is 17.4. The van der Waals surface area contributed by atoms with Crippen LogP contribution in [0.15, 0.2) is 119 Å². The van der Waals surface area contributed by atoms with Gasteiger partial charge in [-0.25, -0.2) is 0 Å². The molecule has 4 aromatic carbocycles. The molecule has 2 aliphatic carbocycles. The van der Waals surface area contributed by atoms with Crippen LogP contribution < -0.4 is 0 Å². The van der Waals surface area contributed by atoms with Gasteiger partial charge >= 0.3 is 263 Å². The van der Waals surface area contributed by atoms with E-state index in [2.05, 4.69) is 157 Å². The summed E-state index contributed by atoms with van der Waals surface area (Å²) in [5.41, 5.74) is 12.1.